The molecular formula is C21H18ClN3O3. The summed E-state index contributed by atoms with van der Waals surface area (Å²) in [6, 6.07) is 14.3. The van der Waals surface area contributed by atoms with Gasteiger partial charge in [-0.05, 0) is 48.9 Å². The van der Waals surface area contributed by atoms with Gasteiger partial charge in [0, 0.05) is 17.1 Å². The van der Waals surface area contributed by atoms with Gasteiger partial charge in [0.2, 0.25) is 0 Å². The van der Waals surface area contributed by atoms with E-state index in [-0.39, 0.29) is 18.6 Å². The van der Waals surface area contributed by atoms with Crippen LogP contribution in [0.5, 0.6) is 5.75 Å². The van der Waals surface area contributed by atoms with Crippen molar-refractivity contribution in [2.24, 2.45) is 5.10 Å². The van der Waals surface area contributed by atoms with Gasteiger partial charge >= 0.3 is 0 Å². The van der Waals surface area contributed by atoms with Crippen LogP contribution < -0.4 is 4.74 Å². The molecule has 0 bridgehead atoms. The summed E-state index contributed by atoms with van der Waals surface area (Å²) in [7, 11) is 0. The molecule has 2 aromatic heterocycles. The monoisotopic (exact) mass is 395 g/mol. The number of carbonyl (C=O) groups is 1. The molecule has 0 fully saturated rings. The smallest absolute Gasteiger partial charge is 0.281 e. The number of hydrazone groups is 1. The number of amides is 1. The predicted molar refractivity (Wildman–Crippen MR) is 105 cm³/mol. The summed E-state index contributed by atoms with van der Waals surface area (Å²) in [5, 5.41) is 6.64. The Morgan fingerprint density at radius 3 is 2.75 bits per heavy atom. The van der Waals surface area contributed by atoms with E-state index < -0.39 is 0 Å². The molecule has 1 aromatic carbocycles. The molecular weight excluding hydrogens is 378 g/mol. The van der Waals surface area contributed by atoms with Crippen LogP contribution in [0.25, 0.3) is 0 Å². The van der Waals surface area contributed by atoms with Crippen molar-refractivity contribution in [1.29, 1.82) is 0 Å². The number of benzene rings is 1. The standard InChI is InChI=1S/C21H18ClN3O3/c1-14-4-9-17(12-23-14)28-13-21(26)25-19(20-3-2-10-27-20)11-18(24-25)15-5-7-16(22)8-6-15/h2-10,12,19H,11,13H2,1H3. The summed E-state index contributed by atoms with van der Waals surface area (Å²) in [4.78, 5) is 17.0. The molecule has 0 N–H and O–H groups in total. The average molecular weight is 396 g/mol. The summed E-state index contributed by atoms with van der Waals surface area (Å²) >= 11 is 5.98. The Morgan fingerprint density at radius 1 is 1.25 bits per heavy atom. The minimum Gasteiger partial charge on any atom is -0.482 e. The Morgan fingerprint density at radius 2 is 2.07 bits per heavy atom. The second-order valence-corrected chi connectivity index (χ2v) is 6.89. The Balaban J connectivity index is 1.54. The first-order chi connectivity index (χ1) is 13.6. The van der Waals surface area contributed by atoms with E-state index in [0.29, 0.717) is 23.0 Å². The van der Waals surface area contributed by atoms with Crippen molar-refractivity contribution in [1.82, 2.24) is 9.99 Å². The molecule has 7 heteroatoms. The summed E-state index contributed by atoms with van der Waals surface area (Å²) < 4.78 is 11.1. The molecule has 3 aromatic rings. The van der Waals surface area contributed by atoms with Gasteiger partial charge in [0.1, 0.15) is 17.6 Å². The molecule has 0 saturated carbocycles. The van der Waals surface area contributed by atoms with Crippen molar-refractivity contribution in [2.75, 3.05) is 6.61 Å². The van der Waals surface area contributed by atoms with Crippen molar-refractivity contribution in [3.63, 3.8) is 0 Å². The van der Waals surface area contributed by atoms with Gasteiger partial charge in [-0.1, -0.05) is 23.7 Å². The highest BCUT2D eigenvalue weighted by molar-refractivity contribution is 6.30. The van der Waals surface area contributed by atoms with Crippen molar-refractivity contribution in [2.45, 2.75) is 19.4 Å². The molecule has 142 valence electrons. The van der Waals surface area contributed by atoms with Gasteiger partial charge in [0.25, 0.3) is 5.91 Å². The lowest BCUT2D eigenvalue weighted by Gasteiger charge is -2.19. The minimum atomic E-state index is -0.312. The van der Waals surface area contributed by atoms with E-state index in [1.165, 1.54) is 5.01 Å². The maximum atomic E-state index is 12.8. The fraction of sp³-hybridized carbons (Fsp3) is 0.190. The lowest BCUT2D eigenvalue weighted by atomic mass is 10.0. The molecule has 1 aliphatic heterocycles. The zero-order valence-corrected chi connectivity index (χ0v) is 16.0. The van der Waals surface area contributed by atoms with Gasteiger partial charge in [-0.15, -0.1) is 0 Å². The molecule has 4 rings (SSSR count). The number of rotatable bonds is 5. The normalized spacial score (nSPS) is 16.1. The second kappa shape index (κ2) is 7.86. The van der Waals surface area contributed by atoms with Gasteiger partial charge < -0.3 is 9.15 Å². The highest BCUT2D eigenvalue weighted by Gasteiger charge is 2.35. The quantitative estimate of drug-likeness (QED) is 0.642. The van der Waals surface area contributed by atoms with Crippen LogP contribution in [0.2, 0.25) is 5.02 Å². The molecule has 3 heterocycles. The first kappa shape index (κ1) is 18.3. The average Bonchev–Trinajstić information content (AvgIpc) is 3.37. The van der Waals surface area contributed by atoms with Gasteiger partial charge in [-0.25, -0.2) is 5.01 Å². The van der Waals surface area contributed by atoms with Crippen LogP contribution in [0.3, 0.4) is 0 Å². The molecule has 1 amide bonds. The molecule has 0 saturated heterocycles. The number of halogens is 1. The second-order valence-electron chi connectivity index (χ2n) is 6.45. The molecule has 0 spiro atoms. The van der Waals surface area contributed by atoms with Crippen LogP contribution in [0.15, 0.2) is 70.5 Å². The summed E-state index contributed by atoms with van der Waals surface area (Å²) in [6.45, 7) is 1.75. The molecule has 1 unspecified atom stereocenters. The molecule has 1 atom stereocenters. The molecule has 6 nitrogen and oxygen atoms in total. The van der Waals surface area contributed by atoms with Crippen LogP contribution in [-0.2, 0) is 4.79 Å². The summed E-state index contributed by atoms with van der Waals surface area (Å²) in [6.07, 6.45) is 3.73. The number of aromatic nitrogens is 1. The topological polar surface area (TPSA) is 67.9 Å². The maximum absolute atomic E-state index is 12.8. The summed E-state index contributed by atoms with van der Waals surface area (Å²) in [5.74, 6) is 0.957. The number of aryl methyl sites for hydroxylation is 1. The van der Waals surface area contributed by atoms with Crippen LogP contribution >= 0.6 is 11.6 Å². The Bertz CT molecular complexity index is 983. The van der Waals surface area contributed by atoms with E-state index in [1.807, 2.05) is 31.2 Å². The predicted octanol–water partition coefficient (Wildman–Crippen LogP) is 4.39. The van der Waals surface area contributed by atoms with Crippen molar-refractivity contribution in [3.8, 4) is 5.75 Å². The van der Waals surface area contributed by atoms with E-state index in [9.17, 15) is 4.79 Å². The Labute approximate surface area is 167 Å². The van der Waals surface area contributed by atoms with Crippen molar-refractivity contribution < 1.29 is 13.9 Å². The van der Waals surface area contributed by atoms with E-state index in [2.05, 4.69) is 10.1 Å². The van der Waals surface area contributed by atoms with Gasteiger partial charge in [0.15, 0.2) is 6.61 Å². The third kappa shape index (κ3) is 3.92. The van der Waals surface area contributed by atoms with Crippen LogP contribution in [0, 0.1) is 6.92 Å². The number of hydrogen-bond donors (Lipinski definition) is 0. The lowest BCUT2D eigenvalue weighted by molar-refractivity contribution is -0.135. The fourth-order valence-electron chi connectivity index (χ4n) is 3.01. The number of carbonyl (C=O) groups excluding carboxylic acids is 1. The third-order valence-electron chi connectivity index (χ3n) is 4.46. The lowest BCUT2D eigenvalue weighted by Crippen LogP contribution is -2.31. The van der Waals surface area contributed by atoms with E-state index in [0.717, 1.165) is 17.0 Å². The zero-order chi connectivity index (χ0) is 19.5. The van der Waals surface area contributed by atoms with E-state index in [4.69, 9.17) is 20.8 Å². The highest BCUT2D eigenvalue weighted by Crippen LogP contribution is 2.33. The van der Waals surface area contributed by atoms with Crippen LogP contribution in [0.1, 0.15) is 29.5 Å². The number of hydrogen-bond acceptors (Lipinski definition) is 5. The van der Waals surface area contributed by atoms with E-state index >= 15 is 0 Å². The maximum Gasteiger partial charge on any atom is 0.281 e. The highest BCUT2D eigenvalue weighted by atomic mass is 35.5. The van der Waals surface area contributed by atoms with Crippen molar-refractivity contribution in [3.05, 3.63) is 83.0 Å². The largest absolute Gasteiger partial charge is 0.482 e. The molecule has 1 aliphatic rings. The Kier molecular flexibility index (Phi) is 5.12. The SMILES string of the molecule is Cc1ccc(OCC(=O)N2N=C(c3ccc(Cl)cc3)CC2c2ccco2)cn1. The van der Waals surface area contributed by atoms with E-state index in [1.54, 1.807) is 36.7 Å². The van der Waals surface area contributed by atoms with Crippen LogP contribution in [-0.4, -0.2) is 28.2 Å². The molecule has 0 aliphatic carbocycles. The fourth-order valence-corrected chi connectivity index (χ4v) is 3.14. The Hall–Kier alpha value is -3.12. The zero-order valence-electron chi connectivity index (χ0n) is 15.2. The number of pyridine rings is 1. The number of nitrogens with zero attached hydrogens (tertiary/aromatic N) is 3. The first-order valence-electron chi connectivity index (χ1n) is 8.84. The number of ether oxygens (including phenoxy) is 1. The van der Waals surface area contributed by atoms with Gasteiger partial charge in [-0.3, -0.25) is 9.78 Å². The summed E-state index contributed by atoms with van der Waals surface area (Å²) in [5.41, 5.74) is 2.59. The van der Waals surface area contributed by atoms with Crippen molar-refractivity contribution >= 4 is 23.2 Å². The third-order valence-corrected chi connectivity index (χ3v) is 4.71. The van der Waals surface area contributed by atoms with Gasteiger partial charge in [-0.2, -0.15) is 5.10 Å². The minimum absolute atomic E-state index is 0.140. The first-order valence-corrected chi connectivity index (χ1v) is 9.22. The molecule has 0 radical (unpaired) electrons. The number of furan rings is 1. The van der Waals surface area contributed by atoms with Crippen LogP contribution in [0.4, 0.5) is 0 Å². The van der Waals surface area contributed by atoms with Gasteiger partial charge in [0.05, 0.1) is 18.2 Å². The molecule has 28 heavy (non-hydrogen) atoms.